The molecule has 0 aliphatic carbocycles. The number of aliphatic imine (C=N–C) groups is 2. The molecule has 0 radical (unpaired) electrons. The number of benzene rings is 2. The van der Waals surface area contributed by atoms with Crippen molar-refractivity contribution >= 4 is 28.0 Å². The van der Waals surface area contributed by atoms with E-state index in [2.05, 4.69) is 38.0 Å². The second-order valence-electron chi connectivity index (χ2n) is 4.83. The molecule has 2 aromatic rings. The summed E-state index contributed by atoms with van der Waals surface area (Å²) in [6.45, 7) is 0. The number of rotatable bonds is 4. The van der Waals surface area contributed by atoms with Gasteiger partial charge in [-0.3, -0.25) is 4.99 Å². The summed E-state index contributed by atoms with van der Waals surface area (Å²) in [7, 11) is 1.66. The fourth-order valence-corrected chi connectivity index (χ4v) is 2.57. The molecule has 1 aliphatic rings. The van der Waals surface area contributed by atoms with Crippen molar-refractivity contribution in [3.63, 3.8) is 0 Å². The van der Waals surface area contributed by atoms with Crippen LogP contribution in [0.15, 0.2) is 63.0 Å². The summed E-state index contributed by atoms with van der Waals surface area (Å²) in [4.78, 5) is 9.13. The number of amidine groups is 1. The van der Waals surface area contributed by atoms with E-state index >= 15 is 0 Å². The van der Waals surface area contributed by atoms with Crippen molar-refractivity contribution in [1.82, 2.24) is 0 Å². The van der Waals surface area contributed by atoms with Crippen molar-refractivity contribution in [2.24, 2.45) is 9.98 Å². The van der Waals surface area contributed by atoms with Gasteiger partial charge in [-0.15, -0.1) is 0 Å². The van der Waals surface area contributed by atoms with Crippen LogP contribution in [0.3, 0.4) is 0 Å². The zero-order chi connectivity index (χ0) is 14.7. The standard InChI is InChI=1S/C17H15BrN2O/c1-21-16-5-3-2-4-15(16)17-19-11-14(20-17)10-12-6-8-13(18)9-7-12/h2-9,11,14H,10H2,1H3. The van der Waals surface area contributed by atoms with E-state index in [9.17, 15) is 0 Å². The van der Waals surface area contributed by atoms with E-state index in [1.807, 2.05) is 42.6 Å². The minimum Gasteiger partial charge on any atom is -0.496 e. The molecule has 3 rings (SSSR count). The molecule has 0 fully saturated rings. The van der Waals surface area contributed by atoms with E-state index in [4.69, 9.17) is 4.74 Å². The van der Waals surface area contributed by atoms with Gasteiger partial charge in [0.2, 0.25) is 0 Å². The van der Waals surface area contributed by atoms with E-state index in [1.54, 1.807) is 7.11 Å². The molecule has 1 aliphatic heterocycles. The Morgan fingerprint density at radius 3 is 2.62 bits per heavy atom. The first kappa shape index (κ1) is 14.0. The predicted molar refractivity (Wildman–Crippen MR) is 89.7 cm³/mol. The second kappa shape index (κ2) is 6.22. The average Bonchev–Trinajstić information content (AvgIpc) is 2.98. The van der Waals surface area contributed by atoms with Crippen LogP contribution in [-0.4, -0.2) is 25.2 Å². The number of hydrogen-bond acceptors (Lipinski definition) is 3. The molecule has 4 heteroatoms. The molecule has 0 saturated carbocycles. The van der Waals surface area contributed by atoms with Crippen LogP contribution in [0.4, 0.5) is 0 Å². The molecule has 0 aromatic heterocycles. The van der Waals surface area contributed by atoms with E-state index in [-0.39, 0.29) is 6.04 Å². The molecule has 0 bridgehead atoms. The highest BCUT2D eigenvalue weighted by Crippen LogP contribution is 2.22. The lowest BCUT2D eigenvalue weighted by molar-refractivity contribution is 0.414. The number of nitrogens with zero attached hydrogens (tertiary/aromatic N) is 2. The van der Waals surface area contributed by atoms with Crippen molar-refractivity contribution in [3.05, 3.63) is 64.1 Å². The maximum absolute atomic E-state index is 5.36. The van der Waals surface area contributed by atoms with Crippen LogP contribution in [0, 0.1) is 0 Å². The first-order valence-electron chi connectivity index (χ1n) is 6.76. The van der Waals surface area contributed by atoms with Crippen LogP contribution in [0.2, 0.25) is 0 Å². The van der Waals surface area contributed by atoms with E-state index in [0.29, 0.717) is 0 Å². The van der Waals surface area contributed by atoms with Gasteiger partial charge in [-0.25, -0.2) is 4.99 Å². The highest BCUT2D eigenvalue weighted by atomic mass is 79.9. The van der Waals surface area contributed by atoms with Gasteiger partial charge in [0.1, 0.15) is 5.75 Å². The Morgan fingerprint density at radius 1 is 1.10 bits per heavy atom. The third-order valence-electron chi connectivity index (χ3n) is 3.36. The summed E-state index contributed by atoms with van der Waals surface area (Å²) in [5.74, 6) is 1.55. The molecule has 0 saturated heterocycles. The Kier molecular flexibility index (Phi) is 4.15. The monoisotopic (exact) mass is 342 g/mol. The molecule has 21 heavy (non-hydrogen) atoms. The summed E-state index contributed by atoms with van der Waals surface area (Å²) in [6, 6.07) is 16.2. The predicted octanol–water partition coefficient (Wildman–Crippen LogP) is 3.90. The van der Waals surface area contributed by atoms with Crippen LogP contribution in [0.1, 0.15) is 11.1 Å². The van der Waals surface area contributed by atoms with Crippen molar-refractivity contribution < 1.29 is 4.74 Å². The zero-order valence-corrected chi connectivity index (χ0v) is 13.2. The summed E-state index contributed by atoms with van der Waals surface area (Å²) >= 11 is 3.45. The zero-order valence-electron chi connectivity index (χ0n) is 11.7. The van der Waals surface area contributed by atoms with Crippen LogP contribution >= 0.6 is 15.9 Å². The second-order valence-corrected chi connectivity index (χ2v) is 5.74. The molecule has 0 N–H and O–H groups in total. The molecule has 1 heterocycles. The van der Waals surface area contributed by atoms with Gasteiger partial charge in [0, 0.05) is 10.7 Å². The highest BCUT2D eigenvalue weighted by Gasteiger charge is 2.17. The molecule has 0 amide bonds. The van der Waals surface area contributed by atoms with Crippen LogP contribution in [-0.2, 0) is 6.42 Å². The van der Waals surface area contributed by atoms with E-state index in [0.717, 1.165) is 28.0 Å². The number of ether oxygens (including phenoxy) is 1. The molecule has 1 unspecified atom stereocenters. The van der Waals surface area contributed by atoms with Gasteiger partial charge in [-0.05, 0) is 36.2 Å². The Balaban J connectivity index is 1.78. The normalized spacial score (nSPS) is 16.9. The fourth-order valence-electron chi connectivity index (χ4n) is 2.31. The topological polar surface area (TPSA) is 34.0 Å². The lowest BCUT2D eigenvalue weighted by atomic mass is 10.1. The largest absolute Gasteiger partial charge is 0.496 e. The maximum Gasteiger partial charge on any atom is 0.158 e. The van der Waals surface area contributed by atoms with Gasteiger partial charge in [0.05, 0.1) is 18.7 Å². The average molecular weight is 343 g/mol. The first-order chi connectivity index (χ1) is 10.3. The number of methoxy groups -OCH3 is 1. The Morgan fingerprint density at radius 2 is 1.86 bits per heavy atom. The third kappa shape index (κ3) is 3.22. The summed E-state index contributed by atoms with van der Waals surface area (Å²) in [5, 5.41) is 0. The minimum atomic E-state index is 0.0890. The molecule has 2 aromatic carbocycles. The maximum atomic E-state index is 5.36. The van der Waals surface area contributed by atoms with Crippen LogP contribution in [0.25, 0.3) is 0 Å². The Bertz CT molecular complexity index is 692. The lowest BCUT2D eigenvalue weighted by Gasteiger charge is -2.06. The molecular formula is C17H15BrN2O. The highest BCUT2D eigenvalue weighted by molar-refractivity contribution is 9.10. The van der Waals surface area contributed by atoms with E-state index < -0.39 is 0 Å². The minimum absolute atomic E-state index is 0.0890. The van der Waals surface area contributed by atoms with Crippen molar-refractivity contribution in [2.45, 2.75) is 12.5 Å². The van der Waals surface area contributed by atoms with Gasteiger partial charge in [0.15, 0.2) is 5.84 Å². The van der Waals surface area contributed by atoms with E-state index in [1.165, 1.54) is 5.56 Å². The van der Waals surface area contributed by atoms with Crippen LogP contribution < -0.4 is 4.74 Å². The summed E-state index contributed by atoms with van der Waals surface area (Å²) in [6.07, 6.45) is 2.76. The SMILES string of the molecule is COc1ccccc1C1=NC(Cc2ccc(Br)cc2)C=N1. The molecular weight excluding hydrogens is 328 g/mol. The third-order valence-corrected chi connectivity index (χ3v) is 3.89. The van der Waals surface area contributed by atoms with Gasteiger partial charge < -0.3 is 4.74 Å². The van der Waals surface area contributed by atoms with Gasteiger partial charge in [-0.1, -0.05) is 40.2 Å². The van der Waals surface area contributed by atoms with Gasteiger partial charge in [0.25, 0.3) is 0 Å². The van der Waals surface area contributed by atoms with Crippen molar-refractivity contribution in [1.29, 1.82) is 0 Å². The molecule has 106 valence electrons. The Labute approximate surface area is 132 Å². The fraction of sp³-hybridized carbons (Fsp3) is 0.176. The number of para-hydroxylation sites is 1. The summed E-state index contributed by atoms with van der Waals surface area (Å²) < 4.78 is 6.45. The first-order valence-corrected chi connectivity index (χ1v) is 7.55. The smallest absolute Gasteiger partial charge is 0.158 e. The summed E-state index contributed by atoms with van der Waals surface area (Å²) in [5.41, 5.74) is 2.19. The lowest BCUT2D eigenvalue weighted by Crippen LogP contribution is -2.07. The number of hydrogen-bond donors (Lipinski definition) is 0. The molecule has 1 atom stereocenters. The van der Waals surface area contributed by atoms with Gasteiger partial charge >= 0.3 is 0 Å². The van der Waals surface area contributed by atoms with Crippen molar-refractivity contribution in [3.8, 4) is 5.75 Å². The van der Waals surface area contributed by atoms with Crippen molar-refractivity contribution in [2.75, 3.05) is 7.11 Å². The van der Waals surface area contributed by atoms with Crippen LogP contribution in [0.5, 0.6) is 5.75 Å². The number of halogens is 1. The molecule has 3 nitrogen and oxygen atoms in total. The molecule has 0 spiro atoms. The van der Waals surface area contributed by atoms with Gasteiger partial charge in [-0.2, -0.15) is 0 Å². The quantitative estimate of drug-likeness (QED) is 0.829. The Hall–Kier alpha value is -1.94.